The summed E-state index contributed by atoms with van der Waals surface area (Å²) in [6, 6.07) is 2.98. The number of phenolic OH excluding ortho intramolecular Hbond substituents is 1. The van der Waals surface area contributed by atoms with Crippen molar-refractivity contribution in [3.63, 3.8) is 0 Å². The van der Waals surface area contributed by atoms with Gasteiger partial charge in [-0.15, -0.1) is 0 Å². The number of anilines is 1. The van der Waals surface area contributed by atoms with Gasteiger partial charge < -0.3 is 19.3 Å². The predicted molar refractivity (Wildman–Crippen MR) is 163 cm³/mol. The molecule has 0 spiro atoms. The summed E-state index contributed by atoms with van der Waals surface area (Å²) in [7, 11) is 0. The maximum Gasteiger partial charge on any atom is 0.319 e. The summed E-state index contributed by atoms with van der Waals surface area (Å²) in [6.45, 7) is 2.85. The Hall–Kier alpha value is -3.64. The number of benzene rings is 1. The van der Waals surface area contributed by atoms with Gasteiger partial charge in [0.25, 0.3) is 0 Å². The monoisotopic (exact) mass is 637 g/mol. The summed E-state index contributed by atoms with van der Waals surface area (Å²) in [5.41, 5.74) is 0.741. The maximum atomic E-state index is 16.7. The van der Waals surface area contributed by atoms with Gasteiger partial charge in [0.2, 0.25) is 5.89 Å². The highest BCUT2D eigenvalue weighted by Gasteiger charge is 2.49. The fourth-order valence-corrected chi connectivity index (χ4v) is 8.13. The summed E-state index contributed by atoms with van der Waals surface area (Å²) >= 11 is 6.62. The average Bonchev–Trinajstić information content (AvgIpc) is 3.71. The summed E-state index contributed by atoms with van der Waals surface area (Å²) in [6.07, 6.45) is 7.10. The molecule has 0 aliphatic carbocycles. The van der Waals surface area contributed by atoms with Gasteiger partial charge in [0.1, 0.15) is 35.6 Å². The molecule has 0 radical (unpaired) electrons. The van der Waals surface area contributed by atoms with Crippen molar-refractivity contribution in [2.75, 3.05) is 37.7 Å². The van der Waals surface area contributed by atoms with Gasteiger partial charge in [-0.2, -0.15) is 15.0 Å². The lowest BCUT2D eigenvalue weighted by atomic mass is 9.94. The summed E-state index contributed by atoms with van der Waals surface area (Å²) in [4.78, 5) is 23.0. The first-order chi connectivity index (χ1) is 21.8. The van der Waals surface area contributed by atoms with Crippen LogP contribution in [-0.2, 0) is 19.3 Å². The molecule has 3 saturated heterocycles. The summed E-state index contributed by atoms with van der Waals surface area (Å²) < 4.78 is 43.0. The van der Waals surface area contributed by atoms with Crippen molar-refractivity contribution in [1.82, 2.24) is 30.0 Å². The van der Waals surface area contributed by atoms with Gasteiger partial charge in [0, 0.05) is 55.7 Å². The zero-order chi connectivity index (χ0) is 30.7. The van der Waals surface area contributed by atoms with E-state index in [2.05, 4.69) is 29.9 Å². The first-order valence-electron chi connectivity index (χ1n) is 15.8. The Morgan fingerprint density at radius 1 is 1.11 bits per heavy atom. The Kier molecular flexibility index (Phi) is 7.24. The maximum absolute atomic E-state index is 16.7. The average molecular weight is 638 g/mol. The van der Waals surface area contributed by atoms with Gasteiger partial charge >= 0.3 is 6.01 Å². The summed E-state index contributed by atoms with van der Waals surface area (Å²) in [5.74, 6) is 1.26. The zero-order valence-electron chi connectivity index (χ0n) is 24.8. The molecule has 0 saturated carbocycles. The van der Waals surface area contributed by atoms with Gasteiger partial charge in [-0.05, 0) is 68.7 Å². The molecule has 1 aromatic carbocycles. The molecule has 8 heterocycles. The number of phenols is 1. The minimum absolute atomic E-state index is 0.0310. The first kappa shape index (κ1) is 28.8. The van der Waals surface area contributed by atoms with Crippen molar-refractivity contribution in [3.8, 4) is 23.0 Å². The fraction of sp³-hybridized carbons (Fsp3) is 0.531. The molecule has 3 atom stereocenters. The third-order valence-electron chi connectivity index (χ3n) is 9.93. The first-order valence-corrected chi connectivity index (χ1v) is 16.2. The minimum atomic E-state index is -0.895. The predicted octanol–water partition coefficient (Wildman–Crippen LogP) is 5.48. The molecule has 45 heavy (non-hydrogen) atoms. The van der Waals surface area contributed by atoms with Crippen molar-refractivity contribution < 1.29 is 23.1 Å². The van der Waals surface area contributed by atoms with E-state index in [0.717, 1.165) is 38.8 Å². The number of hydrogen-bond acceptors (Lipinski definition) is 10. The molecule has 10 nitrogen and oxygen atoms in total. The molecule has 13 heteroatoms. The lowest BCUT2D eigenvalue weighted by Crippen LogP contribution is -2.43. The van der Waals surface area contributed by atoms with Crippen molar-refractivity contribution in [3.05, 3.63) is 46.4 Å². The van der Waals surface area contributed by atoms with Crippen molar-refractivity contribution in [2.24, 2.45) is 5.92 Å². The van der Waals surface area contributed by atoms with Crippen molar-refractivity contribution in [1.29, 1.82) is 0 Å². The molecule has 3 aromatic heterocycles. The number of pyridine rings is 1. The van der Waals surface area contributed by atoms with E-state index in [0.29, 0.717) is 84.3 Å². The van der Waals surface area contributed by atoms with Crippen LogP contribution in [0, 0.1) is 11.7 Å². The molecular weight excluding hydrogens is 604 g/mol. The molecule has 3 fully saturated rings. The third kappa shape index (κ3) is 5.25. The van der Waals surface area contributed by atoms with Gasteiger partial charge in [0.15, 0.2) is 11.6 Å². The zero-order valence-corrected chi connectivity index (χ0v) is 25.6. The van der Waals surface area contributed by atoms with Crippen LogP contribution in [0.25, 0.3) is 22.2 Å². The fourth-order valence-electron chi connectivity index (χ4n) is 7.82. The molecule has 4 aromatic rings. The Morgan fingerprint density at radius 2 is 2.02 bits per heavy atom. The number of fused-ring (bicyclic) bond motifs is 4. The number of hydrogen-bond donors (Lipinski definition) is 1. The van der Waals surface area contributed by atoms with Crippen LogP contribution in [-0.4, -0.2) is 79.6 Å². The van der Waals surface area contributed by atoms with Gasteiger partial charge in [-0.3, -0.25) is 9.88 Å². The van der Waals surface area contributed by atoms with Crippen LogP contribution < -0.4 is 9.64 Å². The standard InChI is InChI=1S/C32H34ClF2N7O3/c33-24-12-20(43)11-22-21(24)5-1-6-26-37-25(40-45-26)10-18-4-2-8-41(15-18)30-23-14-36-28(22)27(35)29(23)38-31(39-30)44-17-32-7-3-9-42(32)16-19(34)13-32/h11-12,14,18-19,43H,1-10,13,15-17H2. The molecule has 236 valence electrons. The van der Waals surface area contributed by atoms with Crippen LogP contribution in [0.4, 0.5) is 14.6 Å². The number of alkyl halides is 1. The largest absolute Gasteiger partial charge is 0.508 e. The van der Waals surface area contributed by atoms with Gasteiger partial charge in [-0.25, -0.2) is 8.78 Å². The Balaban J connectivity index is 1.26. The van der Waals surface area contributed by atoms with Crippen molar-refractivity contribution >= 4 is 28.3 Å². The van der Waals surface area contributed by atoms with E-state index in [9.17, 15) is 9.50 Å². The molecule has 0 amide bonds. The number of halogens is 3. The Labute approximate surface area is 263 Å². The number of aryl methyl sites for hydroxylation is 1. The number of aromatic hydroxyl groups is 1. The lowest BCUT2D eigenvalue weighted by molar-refractivity contribution is 0.107. The molecule has 9 rings (SSSR count). The van der Waals surface area contributed by atoms with Crippen LogP contribution in [0.15, 0.2) is 22.9 Å². The van der Waals surface area contributed by atoms with Crippen molar-refractivity contribution in [2.45, 2.75) is 69.5 Å². The molecule has 1 N–H and O–H groups in total. The number of rotatable bonds is 3. The van der Waals surface area contributed by atoms with Gasteiger partial charge in [0.05, 0.1) is 10.9 Å². The third-order valence-corrected chi connectivity index (χ3v) is 10.3. The molecule has 8 bridgehead atoms. The van der Waals surface area contributed by atoms with Crippen LogP contribution in [0.5, 0.6) is 11.8 Å². The van der Waals surface area contributed by atoms with Gasteiger partial charge in [-0.1, -0.05) is 16.8 Å². The second-order valence-corrected chi connectivity index (χ2v) is 13.4. The van der Waals surface area contributed by atoms with E-state index in [-0.39, 0.29) is 35.5 Å². The van der Waals surface area contributed by atoms with E-state index < -0.39 is 17.5 Å². The molecular formula is C32H34ClF2N7O3. The van der Waals surface area contributed by atoms with Crippen LogP contribution in [0.2, 0.25) is 5.02 Å². The Bertz CT molecular complexity index is 1770. The highest BCUT2D eigenvalue weighted by atomic mass is 35.5. The lowest BCUT2D eigenvalue weighted by Gasteiger charge is -2.34. The van der Waals surface area contributed by atoms with E-state index >= 15 is 4.39 Å². The highest BCUT2D eigenvalue weighted by Crippen LogP contribution is 2.42. The second-order valence-electron chi connectivity index (χ2n) is 12.9. The van der Waals surface area contributed by atoms with E-state index in [1.807, 2.05) is 0 Å². The van der Waals surface area contributed by atoms with E-state index in [1.165, 1.54) is 12.1 Å². The second kappa shape index (κ2) is 11.3. The van der Waals surface area contributed by atoms with E-state index in [1.54, 1.807) is 6.20 Å². The van der Waals surface area contributed by atoms with E-state index in [4.69, 9.17) is 25.8 Å². The number of ether oxygens (including phenoxy) is 1. The number of nitrogens with zero attached hydrogens (tertiary/aromatic N) is 7. The SMILES string of the molecule is Oc1cc(Cl)c2c(c1)-c1ncc3c(nc(OCC45CCCN4CC(F)C5)nc3c1F)N1CCCC(Cc3noc(n3)CCC2)C1. The smallest absolute Gasteiger partial charge is 0.319 e. The number of aromatic nitrogens is 5. The Morgan fingerprint density at radius 3 is 2.93 bits per heavy atom. The molecule has 5 aliphatic rings. The minimum Gasteiger partial charge on any atom is -0.508 e. The highest BCUT2D eigenvalue weighted by molar-refractivity contribution is 6.32. The number of piperidine rings is 1. The quantitative estimate of drug-likeness (QED) is 0.310. The summed E-state index contributed by atoms with van der Waals surface area (Å²) in [5, 5.41) is 15.5. The molecule has 5 aliphatic heterocycles. The molecule has 3 unspecified atom stereocenters. The van der Waals surface area contributed by atoms with Crippen LogP contribution in [0.3, 0.4) is 0 Å². The normalized spacial score (nSPS) is 25.1. The topological polar surface area (TPSA) is 114 Å². The van der Waals surface area contributed by atoms with Crippen LogP contribution >= 0.6 is 11.6 Å². The van der Waals surface area contributed by atoms with Crippen LogP contribution in [0.1, 0.15) is 55.8 Å².